The average Bonchev–Trinajstić information content (AvgIpc) is 2.91. The Morgan fingerprint density at radius 1 is 1.35 bits per heavy atom. The van der Waals surface area contributed by atoms with Gasteiger partial charge in [0.2, 0.25) is 5.89 Å². The van der Waals surface area contributed by atoms with Crippen LogP contribution in [0, 0.1) is 12.8 Å². The van der Waals surface area contributed by atoms with Crippen LogP contribution in [0.25, 0.3) is 0 Å². The number of carbonyl (C=O) groups excluding carboxylic acids is 1. The number of piperidine rings is 1. The van der Waals surface area contributed by atoms with Crippen LogP contribution in [0.15, 0.2) is 4.52 Å². The van der Waals surface area contributed by atoms with Crippen molar-refractivity contribution in [3.05, 3.63) is 11.7 Å². The van der Waals surface area contributed by atoms with Crippen LogP contribution in [0.1, 0.15) is 48.6 Å². The van der Waals surface area contributed by atoms with E-state index in [0.29, 0.717) is 5.89 Å². The number of nitrogens with zero attached hydrogens (tertiary/aromatic N) is 3. The van der Waals surface area contributed by atoms with Gasteiger partial charge in [0.25, 0.3) is 11.7 Å². The van der Waals surface area contributed by atoms with Crippen molar-refractivity contribution in [1.29, 1.82) is 0 Å². The van der Waals surface area contributed by atoms with Crippen molar-refractivity contribution in [2.75, 3.05) is 0 Å². The lowest BCUT2D eigenvalue weighted by Gasteiger charge is -2.37. The molecule has 1 aromatic heterocycles. The number of carboxylic acids is 1. The number of hydrogen-bond donors (Lipinski definition) is 1. The highest BCUT2D eigenvalue weighted by atomic mass is 16.5. The normalized spacial score (nSPS) is 28.6. The van der Waals surface area contributed by atoms with E-state index < -0.39 is 5.97 Å². The lowest BCUT2D eigenvalue weighted by atomic mass is 9.88. The maximum Gasteiger partial charge on any atom is 0.303 e. The molecule has 2 saturated heterocycles. The van der Waals surface area contributed by atoms with Gasteiger partial charge in [0, 0.05) is 25.4 Å². The minimum atomic E-state index is -0.761. The molecule has 2 bridgehead atoms. The summed E-state index contributed by atoms with van der Waals surface area (Å²) in [7, 11) is 0. The molecule has 0 aliphatic carbocycles. The number of carboxylic acid groups (broad SMARTS) is 1. The minimum absolute atomic E-state index is 0.107. The zero-order valence-electron chi connectivity index (χ0n) is 11.3. The van der Waals surface area contributed by atoms with E-state index in [1.807, 2.05) is 4.90 Å². The molecule has 2 aliphatic rings. The Labute approximate surface area is 115 Å². The first-order valence-electron chi connectivity index (χ1n) is 6.89. The summed E-state index contributed by atoms with van der Waals surface area (Å²) in [6.07, 6.45) is 3.57. The summed E-state index contributed by atoms with van der Waals surface area (Å²) >= 11 is 0. The molecule has 7 heteroatoms. The molecule has 0 saturated carbocycles. The molecule has 3 heterocycles. The van der Waals surface area contributed by atoms with Crippen molar-refractivity contribution >= 4 is 11.9 Å². The SMILES string of the molecule is Cc1nc(C(=O)N2C3CCC2CC(CC(=O)O)C3)no1. The van der Waals surface area contributed by atoms with Gasteiger partial charge < -0.3 is 14.5 Å². The Bertz CT molecular complexity index is 527. The standard InChI is InChI=1S/C13H17N3O4/c1-7-14-12(15-20-7)13(19)16-9-2-3-10(16)5-8(4-9)6-11(17)18/h8-10H,2-6H2,1H3,(H,17,18). The monoisotopic (exact) mass is 279 g/mol. The smallest absolute Gasteiger partial charge is 0.303 e. The predicted molar refractivity (Wildman–Crippen MR) is 67.0 cm³/mol. The second-order valence-corrected chi connectivity index (χ2v) is 5.67. The molecule has 20 heavy (non-hydrogen) atoms. The van der Waals surface area contributed by atoms with Gasteiger partial charge in [0.1, 0.15) is 0 Å². The van der Waals surface area contributed by atoms with E-state index in [2.05, 4.69) is 10.1 Å². The van der Waals surface area contributed by atoms with Crippen LogP contribution in [0.4, 0.5) is 0 Å². The number of rotatable bonds is 3. The number of carbonyl (C=O) groups is 2. The molecule has 1 amide bonds. The lowest BCUT2D eigenvalue weighted by molar-refractivity contribution is -0.138. The zero-order valence-corrected chi connectivity index (χ0v) is 11.3. The van der Waals surface area contributed by atoms with E-state index in [1.165, 1.54) is 0 Å². The van der Waals surface area contributed by atoms with Crippen LogP contribution >= 0.6 is 0 Å². The first-order chi connectivity index (χ1) is 9.54. The quantitative estimate of drug-likeness (QED) is 0.894. The number of aryl methyl sites for hydroxylation is 1. The molecule has 7 nitrogen and oxygen atoms in total. The third-order valence-electron chi connectivity index (χ3n) is 4.25. The minimum Gasteiger partial charge on any atom is -0.481 e. The zero-order chi connectivity index (χ0) is 14.3. The molecule has 1 aromatic rings. The fraction of sp³-hybridized carbons (Fsp3) is 0.692. The maximum atomic E-state index is 12.4. The van der Waals surface area contributed by atoms with Crippen molar-refractivity contribution in [2.24, 2.45) is 5.92 Å². The number of hydrogen-bond acceptors (Lipinski definition) is 5. The second-order valence-electron chi connectivity index (χ2n) is 5.67. The van der Waals surface area contributed by atoms with Crippen LogP contribution in [0.5, 0.6) is 0 Å². The molecule has 2 atom stereocenters. The Kier molecular flexibility index (Phi) is 3.19. The molecule has 0 radical (unpaired) electrons. The van der Waals surface area contributed by atoms with Gasteiger partial charge in [-0.2, -0.15) is 4.98 Å². The Balaban J connectivity index is 1.74. The van der Waals surface area contributed by atoms with Crippen LogP contribution < -0.4 is 0 Å². The molecule has 0 aromatic carbocycles. The van der Waals surface area contributed by atoms with E-state index >= 15 is 0 Å². The summed E-state index contributed by atoms with van der Waals surface area (Å²) in [4.78, 5) is 29.1. The third kappa shape index (κ3) is 2.28. The largest absolute Gasteiger partial charge is 0.481 e. The molecular formula is C13H17N3O4. The van der Waals surface area contributed by atoms with Crippen LogP contribution in [-0.4, -0.2) is 44.1 Å². The summed E-state index contributed by atoms with van der Waals surface area (Å²) in [6, 6.07) is 0.230. The van der Waals surface area contributed by atoms with Gasteiger partial charge >= 0.3 is 5.97 Å². The van der Waals surface area contributed by atoms with E-state index in [9.17, 15) is 9.59 Å². The second kappa shape index (κ2) is 4.88. The highest BCUT2D eigenvalue weighted by molar-refractivity contribution is 5.91. The molecule has 0 spiro atoms. The highest BCUT2D eigenvalue weighted by Gasteiger charge is 2.44. The molecule has 3 rings (SSSR count). The average molecular weight is 279 g/mol. The third-order valence-corrected chi connectivity index (χ3v) is 4.25. The highest BCUT2D eigenvalue weighted by Crippen LogP contribution is 2.40. The first-order valence-corrected chi connectivity index (χ1v) is 6.89. The van der Waals surface area contributed by atoms with E-state index in [1.54, 1.807) is 6.92 Å². The number of aromatic nitrogens is 2. The van der Waals surface area contributed by atoms with Gasteiger partial charge in [-0.15, -0.1) is 0 Å². The molecule has 1 N–H and O–H groups in total. The summed E-state index contributed by atoms with van der Waals surface area (Å²) in [6.45, 7) is 1.65. The molecular weight excluding hydrogens is 262 g/mol. The lowest BCUT2D eigenvalue weighted by Crippen LogP contribution is -2.47. The molecule has 2 unspecified atom stereocenters. The Morgan fingerprint density at radius 2 is 2.00 bits per heavy atom. The fourth-order valence-electron chi connectivity index (χ4n) is 3.54. The number of aliphatic carboxylic acids is 1. The summed E-state index contributed by atoms with van der Waals surface area (Å²) < 4.78 is 4.85. The van der Waals surface area contributed by atoms with Crippen molar-refractivity contribution in [2.45, 2.75) is 51.1 Å². The van der Waals surface area contributed by atoms with E-state index in [4.69, 9.17) is 9.63 Å². The summed E-state index contributed by atoms with van der Waals surface area (Å²) in [5.41, 5.74) is 0. The fourth-order valence-corrected chi connectivity index (χ4v) is 3.54. The Hall–Kier alpha value is -1.92. The molecule has 108 valence electrons. The van der Waals surface area contributed by atoms with Crippen molar-refractivity contribution in [1.82, 2.24) is 15.0 Å². The Morgan fingerprint density at radius 3 is 2.50 bits per heavy atom. The number of fused-ring (bicyclic) bond motifs is 2. The van der Waals surface area contributed by atoms with Gasteiger partial charge in [-0.05, 0) is 31.6 Å². The maximum absolute atomic E-state index is 12.4. The van der Waals surface area contributed by atoms with E-state index in [-0.39, 0.29) is 36.2 Å². The predicted octanol–water partition coefficient (Wildman–Crippen LogP) is 1.24. The van der Waals surface area contributed by atoms with Crippen molar-refractivity contribution in [3.63, 3.8) is 0 Å². The van der Waals surface area contributed by atoms with Crippen molar-refractivity contribution in [3.8, 4) is 0 Å². The van der Waals surface area contributed by atoms with Gasteiger partial charge in [0.15, 0.2) is 0 Å². The van der Waals surface area contributed by atoms with Crippen LogP contribution in [0.3, 0.4) is 0 Å². The van der Waals surface area contributed by atoms with Gasteiger partial charge in [-0.1, -0.05) is 5.16 Å². The van der Waals surface area contributed by atoms with Gasteiger partial charge in [-0.3, -0.25) is 9.59 Å². The topological polar surface area (TPSA) is 96.5 Å². The number of amides is 1. The first kappa shape index (κ1) is 13.1. The van der Waals surface area contributed by atoms with Gasteiger partial charge in [0.05, 0.1) is 0 Å². The van der Waals surface area contributed by atoms with Crippen molar-refractivity contribution < 1.29 is 19.2 Å². The van der Waals surface area contributed by atoms with Crippen LogP contribution in [-0.2, 0) is 4.79 Å². The summed E-state index contributed by atoms with van der Waals surface area (Å²) in [5.74, 6) is -0.301. The van der Waals surface area contributed by atoms with Crippen LogP contribution in [0.2, 0.25) is 0 Å². The molecule has 2 fully saturated rings. The van der Waals surface area contributed by atoms with Gasteiger partial charge in [-0.25, -0.2) is 0 Å². The molecule has 2 aliphatic heterocycles. The summed E-state index contributed by atoms with van der Waals surface area (Å²) in [5, 5.41) is 12.6. The van der Waals surface area contributed by atoms with E-state index in [0.717, 1.165) is 25.7 Å².